The van der Waals surface area contributed by atoms with Crippen LogP contribution in [0.25, 0.3) is 0 Å². The van der Waals surface area contributed by atoms with Gasteiger partial charge in [0.25, 0.3) is 0 Å². The van der Waals surface area contributed by atoms with Crippen molar-refractivity contribution in [3.63, 3.8) is 0 Å². The zero-order valence-electron chi connectivity index (χ0n) is 16.2. The number of benzene rings is 2. The highest BCUT2D eigenvalue weighted by atomic mass is 16.5. The van der Waals surface area contributed by atoms with Crippen LogP contribution in [-0.4, -0.2) is 43.6 Å². The molecule has 0 unspecified atom stereocenters. The molecule has 1 aliphatic rings. The summed E-state index contributed by atoms with van der Waals surface area (Å²) in [5, 5.41) is 3.40. The second kappa shape index (κ2) is 10.1. The van der Waals surface area contributed by atoms with Crippen LogP contribution < -0.4 is 10.1 Å². The molecular weight excluding hydrogens is 336 g/mol. The Hall–Kier alpha value is -2.33. The number of ether oxygens (including phenoxy) is 1. The summed E-state index contributed by atoms with van der Waals surface area (Å²) in [6.07, 6.45) is 4.55. The molecule has 1 fully saturated rings. The van der Waals surface area contributed by atoms with Crippen molar-refractivity contribution in [3.05, 3.63) is 65.7 Å². The van der Waals surface area contributed by atoms with E-state index in [1.54, 1.807) is 7.11 Å². The van der Waals surface area contributed by atoms with E-state index >= 15 is 0 Å². The van der Waals surface area contributed by atoms with E-state index in [2.05, 4.69) is 34.5 Å². The normalized spacial score (nSPS) is 14.7. The van der Waals surface area contributed by atoms with Crippen molar-refractivity contribution >= 4 is 5.91 Å². The predicted octanol–water partition coefficient (Wildman–Crippen LogP) is 3.45. The molecule has 0 saturated carbocycles. The Morgan fingerprint density at radius 1 is 1.04 bits per heavy atom. The van der Waals surface area contributed by atoms with E-state index in [0.29, 0.717) is 12.5 Å². The minimum Gasteiger partial charge on any atom is -0.497 e. The van der Waals surface area contributed by atoms with Crippen molar-refractivity contribution in [2.24, 2.45) is 0 Å². The molecule has 27 heavy (non-hydrogen) atoms. The number of aryl methyl sites for hydroxylation is 1. The zero-order chi connectivity index (χ0) is 18.9. The molecular formula is C23H30N2O2. The van der Waals surface area contributed by atoms with E-state index in [-0.39, 0.29) is 5.91 Å². The van der Waals surface area contributed by atoms with Crippen molar-refractivity contribution in [2.75, 3.05) is 26.7 Å². The van der Waals surface area contributed by atoms with Gasteiger partial charge in [-0.05, 0) is 62.0 Å². The Kier molecular flexibility index (Phi) is 7.28. The predicted molar refractivity (Wildman–Crippen MR) is 109 cm³/mol. The molecule has 1 saturated heterocycles. The number of rotatable bonds is 8. The molecule has 0 aliphatic carbocycles. The first-order valence-corrected chi connectivity index (χ1v) is 9.93. The standard InChI is InChI=1S/C23H30N2O2/c1-27-22-11-9-20(10-12-22)18-23(26)25(21-13-15-24-16-14-21)17-5-8-19-6-3-2-4-7-19/h2-4,6-7,9-12,21,24H,5,8,13-18H2,1H3. The van der Waals surface area contributed by atoms with Crippen LogP contribution >= 0.6 is 0 Å². The SMILES string of the molecule is COc1ccc(CC(=O)N(CCCc2ccccc2)C2CCNCC2)cc1. The van der Waals surface area contributed by atoms with Gasteiger partial charge < -0.3 is 15.0 Å². The number of nitrogens with one attached hydrogen (secondary N) is 1. The molecule has 0 aromatic heterocycles. The summed E-state index contributed by atoms with van der Waals surface area (Å²) < 4.78 is 5.21. The third kappa shape index (κ3) is 5.83. The molecule has 1 heterocycles. The Balaban J connectivity index is 1.61. The summed E-state index contributed by atoms with van der Waals surface area (Å²) in [7, 11) is 1.66. The largest absolute Gasteiger partial charge is 0.497 e. The van der Waals surface area contributed by atoms with Crippen LogP contribution in [0.3, 0.4) is 0 Å². The van der Waals surface area contributed by atoms with Gasteiger partial charge in [-0.25, -0.2) is 0 Å². The summed E-state index contributed by atoms with van der Waals surface area (Å²) in [5.41, 5.74) is 2.38. The van der Waals surface area contributed by atoms with Crippen LogP contribution in [0.1, 0.15) is 30.4 Å². The Morgan fingerprint density at radius 3 is 2.41 bits per heavy atom. The molecule has 144 valence electrons. The molecule has 1 aliphatic heterocycles. The van der Waals surface area contributed by atoms with Gasteiger partial charge in [0.2, 0.25) is 5.91 Å². The maximum absolute atomic E-state index is 13.1. The number of hydrogen-bond donors (Lipinski definition) is 1. The molecule has 0 atom stereocenters. The summed E-state index contributed by atoms with van der Waals surface area (Å²) in [6.45, 7) is 2.82. The van der Waals surface area contributed by atoms with Gasteiger partial charge in [-0.1, -0.05) is 42.5 Å². The highest BCUT2D eigenvalue weighted by Gasteiger charge is 2.25. The van der Waals surface area contributed by atoms with Crippen molar-refractivity contribution in [1.82, 2.24) is 10.2 Å². The first-order chi connectivity index (χ1) is 13.3. The first kappa shape index (κ1) is 19.4. The minimum absolute atomic E-state index is 0.236. The Bertz CT molecular complexity index is 694. The average Bonchev–Trinajstić information content (AvgIpc) is 2.73. The van der Waals surface area contributed by atoms with Crippen molar-refractivity contribution in [1.29, 1.82) is 0 Å². The molecule has 0 radical (unpaired) electrons. The van der Waals surface area contributed by atoms with Crippen molar-refractivity contribution in [2.45, 2.75) is 38.1 Å². The molecule has 2 aromatic rings. The number of carbonyl (C=O) groups excluding carboxylic acids is 1. The van der Waals surface area contributed by atoms with Gasteiger partial charge in [0, 0.05) is 12.6 Å². The lowest BCUT2D eigenvalue weighted by Crippen LogP contribution is -2.47. The van der Waals surface area contributed by atoms with Gasteiger partial charge in [0.15, 0.2) is 0 Å². The summed E-state index contributed by atoms with van der Waals surface area (Å²) in [4.78, 5) is 15.2. The van der Waals surface area contributed by atoms with Gasteiger partial charge >= 0.3 is 0 Å². The van der Waals surface area contributed by atoms with Crippen LogP contribution in [0.4, 0.5) is 0 Å². The van der Waals surface area contributed by atoms with E-state index in [9.17, 15) is 4.79 Å². The van der Waals surface area contributed by atoms with Gasteiger partial charge in [0.1, 0.15) is 5.75 Å². The fourth-order valence-electron chi connectivity index (χ4n) is 3.75. The lowest BCUT2D eigenvalue weighted by Gasteiger charge is -2.35. The van der Waals surface area contributed by atoms with Gasteiger partial charge in [0.05, 0.1) is 13.5 Å². The van der Waals surface area contributed by atoms with E-state index in [0.717, 1.165) is 56.6 Å². The molecule has 0 spiro atoms. The molecule has 1 amide bonds. The maximum atomic E-state index is 13.1. The summed E-state index contributed by atoms with van der Waals surface area (Å²) in [6, 6.07) is 18.7. The van der Waals surface area contributed by atoms with E-state index in [1.165, 1.54) is 5.56 Å². The molecule has 1 N–H and O–H groups in total. The number of methoxy groups -OCH3 is 1. The van der Waals surface area contributed by atoms with Gasteiger partial charge in [-0.15, -0.1) is 0 Å². The molecule has 3 rings (SSSR count). The zero-order valence-corrected chi connectivity index (χ0v) is 16.2. The molecule has 4 nitrogen and oxygen atoms in total. The van der Waals surface area contributed by atoms with Crippen LogP contribution in [0.15, 0.2) is 54.6 Å². The van der Waals surface area contributed by atoms with Crippen LogP contribution in [0.2, 0.25) is 0 Å². The third-order valence-electron chi connectivity index (χ3n) is 5.29. The smallest absolute Gasteiger partial charge is 0.227 e. The number of nitrogens with zero attached hydrogens (tertiary/aromatic N) is 1. The van der Waals surface area contributed by atoms with Crippen LogP contribution in [0, 0.1) is 0 Å². The number of piperidine rings is 1. The minimum atomic E-state index is 0.236. The average molecular weight is 367 g/mol. The Morgan fingerprint density at radius 2 is 1.74 bits per heavy atom. The highest BCUT2D eigenvalue weighted by molar-refractivity contribution is 5.79. The maximum Gasteiger partial charge on any atom is 0.227 e. The number of hydrogen-bond acceptors (Lipinski definition) is 3. The number of carbonyl (C=O) groups is 1. The molecule has 0 bridgehead atoms. The third-order valence-corrected chi connectivity index (χ3v) is 5.29. The fraction of sp³-hybridized carbons (Fsp3) is 0.435. The molecule has 2 aromatic carbocycles. The summed E-state index contributed by atoms with van der Waals surface area (Å²) >= 11 is 0. The second-order valence-corrected chi connectivity index (χ2v) is 7.18. The van der Waals surface area contributed by atoms with Crippen LogP contribution in [0.5, 0.6) is 5.75 Å². The number of amides is 1. The summed E-state index contributed by atoms with van der Waals surface area (Å²) in [5.74, 6) is 1.06. The quantitative estimate of drug-likeness (QED) is 0.778. The highest BCUT2D eigenvalue weighted by Crippen LogP contribution is 2.17. The van der Waals surface area contributed by atoms with Crippen LogP contribution in [-0.2, 0) is 17.6 Å². The first-order valence-electron chi connectivity index (χ1n) is 9.93. The van der Waals surface area contributed by atoms with Gasteiger partial charge in [-0.2, -0.15) is 0 Å². The second-order valence-electron chi connectivity index (χ2n) is 7.18. The molecule has 4 heteroatoms. The van der Waals surface area contributed by atoms with E-state index in [1.807, 2.05) is 30.3 Å². The van der Waals surface area contributed by atoms with Crippen molar-refractivity contribution in [3.8, 4) is 5.75 Å². The lowest BCUT2D eigenvalue weighted by molar-refractivity contribution is -0.133. The van der Waals surface area contributed by atoms with Gasteiger partial charge in [-0.3, -0.25) is 4.79 Å². The topological polar surface area (TPSA) is 41.6 Å². The van der Waals surface area contributed by atoms with E-state index < -0.39 is 0 Å². The monoisotopic (exact) mass is 366 g/mol. The lowest BCUT2D eigenvalue weighted by atomic mass is 10.0. The fourth-order valence-corrected chi connectivity index (χ4v) is 3.75. The van der Waals surface area contributed by atoms with E-state index in [4.69, 9.17) is 4.74 Å². The Labute approximate surface area is 162 Å². The van der Waals surface area contributed by atoms with Crippen molar-refractivity contribution < 1.29 is 9.53 Å².